The largest absolute Gasteiger partial charge is 0.306 e. The summed E-state index contributed by atoms with van der Waals surface area (Å²) in [7, 11) is 2.06. The number of hydrogen-bond acceptors (Lipinski definition) is 2. The molecular formula is C9H19NO. The monoisotopic (exact) mass is 157 g/mol. The zero-order valence-electron chi connectivity index (χ0n) is 8.05. The van der Waals surface area contributed by atoms with Crippen molar-refractivity contribution < 1.29 is 4.79 Å². The number of hydrogen-bond donors (Lipinski definition) is 0. The highest BCUT2D eigenvalue weighted by Crippen LogP contribution is 1.99. The van der Waals surface area contributed by atoms with Gasteiger partial charge < -0.3 is 4.90 Å². The Labute approximate surface area is 69.6 Å². The van der Waals surface area contributed by atoms with Crippen LogP contribution in [-0.4, -0.2) is 30.8 Å². The van der Waals surface area contributed by atoms with Crippen LogP contribution in [0, 0.1) is 5.92 Å². The molecule has 0 spiro atoms. The van der Waals surface area contributed by atoms with Crippen molar-refractivity contribution in [3.05, 3.63) is 0 Å². The minimum Gasteiger partial charge on any atom is -0.306 e. The summed E-state index contributed by atoms with van der Waals surface area (Å²) in [6, 6.07) is 0. The summed E-state index contributed by atoms with van der Waals surface area (Å²) in [5.74, 6) is 0.472. The molecule has 2 heteroatoms. The lowest BCUT2D eigenvalue weighted by atomic mass is 10.1. The van der Waals surface area contributed by atoms with Gasteiger partial charge in [-0.2, -0.15) is 0 Å². The van der Waals surface area contributed by atoms with Crippen LogP contribution in [-0.2, 0) is 4.79 Å². The molecule has 0 saturated heterocycles. The first-order chi connectivity index (χ1) is 5.07. The number of rotatable bonds is 5. The smallest absolute Gasteiger partial charge is 0.133 e. The van der Waals surface area contributed by atoms with E-state index in [9.17, 15) is 4.79 Å². The van der Waals surface area contributed by atoms with E-state index in [2.05, 4.69) is 18.9 Å². The number of carbonyl (C=O) groups is 1. The molecule has 0 aliphatic heterocycles. The SMILES string of the molecule is CCCN(C)CC(C)C(C)=O. The van der Waals surface area contributed by atoms with Gasteiger partial charge in [-0.25, -0.2) is 0 Å². The second-order valence-electron chi connectivity index (χ2n) is 3.27. The minimum atomic E-state index is 0.187. The fraction of sp³-hybridized carbons (Fsp3) is 0.889. The second-order valence-corrected chi connectivity index (χ2v) is 3.27. The highest BCUT2D eigenvalue weighted by atomic mass is 16.1. The van der Waals surface area contributed by atoms with Crippen molar-refractivity contribution in [1.82, 2.24) is 4.90 Å². The third-order valence-electron chi connectivity index (χ3n) is 1.88. The Kier molecular flexibility index (Phi) is 5.12. The van der Waals surface area contributed by atoms with Crippen LogP contribution >= 0.6 is 0 Å². The Hall–Kier alpha value is -0.370. The quantitative estimate of drug-likeness (QED) is 0.603. The maximum atomic E-state index is 10.9. The molecular weight excluding hydrogens is 138 g/mol. The zero-order valence-corrected chi connectivity index (χ0v) is 8.05. The van der Waals surface area contributed by atoms with Crippen molar-refractivity contribution >= 4 is 5.78 Å². The lowest BCUT2D eigenvalue weighted by Crippen LogP contribution is -2.28. The normalized spacial score (nSPS) is 13.5. The van der Waals surface area contributed by atoms with E-state index >= 15 is 0 Å². The van der Waals surface area contributed by atoms with Gasteiger partial charge in [-0.1, -0.05) is 13.8 Å². The van der Waals surface area contributed by atoms with E-state index in [1.54, 1.807) is 6.92 Å². The Morgan fingerprint density at radius 3 is 2.45 bits per heavy atom. The van der Waals surface area contributed by atoms with Crippen LogP contribution in [0.15, 0.2) is 0 Å². The van der Waals surface area contributed by atoms with Gasteiger partial charge in [-0.05, 0) is 26.9 Å². The van der Waals surface area contributed by atoms with E-state index in [-0.39, 0.29) is 11.7 Å². The van der Waals surface area contributed by atoms with Gasteiger partial charge >= 0.3 is 0 Å². The molecule has 0 saturated carbocycles. The number of Topliss-reactive ketones (excluding diaryl/α,β-unsaturated/α-hetero) is 1. The van der Waals surface area contributed by atoms with Gasteiger partial charge in [0.1, 0.15) is 5.78 Å². The maximum Gasteiger partial charge on any atom is 0.133 e. The number of carbonyl (C=O) groups excluding carboxylic acids is 1. The van der Waals surface area contributed by atoms with E-state index in [1.165, 1.54) is 0 Å². The Bertz CT molecular complexity index is 123. The first-order valence-corrected chi connectivity index (χ1v) is 4.27. The Morgan fingerprint density at radius 1 is 1.55 bits per heavy atom. The summed E-state index contributed by atoms with van der Waals surface area (Å²) in [5.41, 5.74) is 0. The van der Waals surface area contributed by atoms with Gasteiger partial charge in [-0.15, -0.1) is 0 Å². The van der Waals surface area contributed by atoms with Crippen LogP contribution in [0.25, 0.3) is 0 Å². The highest BCUT2D eigenvalue weighted by Gasteiger charge is 2.09. The summed E-state index contributed by atoms with van der Waals surface area (Å²) in [5, 5.41) is 0. The molecule has 0 aliphatic rings. The molecule has 0 aromatic heterocycles. The van der Waals surface area contributed by atoms with Crippen LogP contribution in [0.2, 0.25) is 0 Å². The van der Waals surface area contributed by atoms with Gasteiger partial charge in [0.05, 0.1) is 0 Å². The summed E-state index contributed by atoms with van der Waals surface area (Å²) >= 11 is 0. The predicted octanol–water partition coefficient (Wildman–Crippen LogP) is 1.55. The summed E-state index contributed by atoms with van der Waals surface area (Å²) in [4.78, 5) is 13.1. The van der Waals surface area contributed by atoms with Crippen LogP contribution in [0.4, 0.5) is 0 Å². The van der Waals surface area contributed by atoms with Crippen molar-refractivity contribution in [3.8, 4) is 0 Å². The molecule has 0 aliphatic carbocycles. The standard InChI is InChI=1S/C9H19NO/c1-5-6-10(4)7-8(2)9(3)11/h8H,5-7H2,1-4H3. The lowest BCUT2D eigenvalue weighted by Gasteiger charge is -2.18. The van der Waals surface area contributed by atoms with E-state index in [0.29, 0.717) is 0 Å². The molecule has 0 aromatic rings. The molecule has 1 atom stereocenters. The Morgan fingerprint density at radius 2 is 2.09 bits per heavy atom. The average Bonchev–Trinajstić information content (AvgIpc) is 1.87. The summed E-state index contributed by atoms with van der Waals surface area (Å²) in [6.07, 6.45) is 1.15. The van der Waals surface area contributed by atoms with Gasteiger partial charge in [0.25, 0.3) is 0 Å². The van der Waals surface area contributed by atoms with E-state index in [4.69, 9.17) is 0 Å². The molecule has 2 nitrogen and oxygen atoms in total. The molecule has 0 amide bonds. The van der Waals surface area contributed by atoms with Crippen LogP contribution in [0.1, 0.15) is 27.2 Å². The van der Waals surface area contributed by atoms with Gasteiger partial charge in [0, 0.05) is 12.5 Å². The summed E-state index contributed by atoms with van der Waals surface area (Å²) in [6.45, 7) is 7.76. The summed E-state index contributed by atoms with van der Waals surface area (Å²) < 4.78 is 0. The van der Waals surface area contributed by atoms with Crippen molar-refractivity contribution in [2.75, 3.05) is 20.1 Å². The molecule has 0 aromatic carbocycles. The topological polar surface area (TPSA) is 20.3 Å². The molecule has 0 radical (unpaired) electrons. The lowest BCUT2D eigenvalue weighted by molar-refractivity contribution is -0.120. The van der Waals surface area contributed by atoms with Gasteiger partial charge in [0.2, 0.25) is 0 Å². The van der Waals surface area contributed by atoms with Crippen LogP contribution < -0.4 is 0 Å². The first kappa shape index (κ1) is 10.6. The molecule has 0 rings (SSSR count). The molecule has 11 heavy (non-hydrogen) atoms. The van der Waals surface area contributed by atoms with Crippen LogP contribution in [0.5, 0.6) is 0 Å². The molecule has 0 fully saturated rings. The number of ketones is 1. The Balaban J connectivity index is 3.56. The molecule has 1 unspecified atom stereocenters. The third kappa shape index (κ3) is 4.96. The minimum absolute atomic E-state index is 0.187. The zero-order chi connectivity index (χ0) is 8.85. The maximum absolute atomic E-state index is 10.9. The van der Waals surface area contributed by atoms with E-state index < -0.39 is 0 Å². The first-order valence-electron chi connectivity index (χ1n) is 4.27. The molecule has 66 valence electrons. The van der Waals surface area contributed by atoms with Gasteiger partial charge in [0.15, 0.2) is 0 Å². The highest BCUT2D eigenvalue weighted by molar-refractivity contribution is 5.78. The fourth-order valence-electron chi connectivity index (χ4n) is 1.07. The second kappa shape index (κ2) is 5.30. The van der Waals surface area contributed by atoms with Crippen molar-refractivity contribution in [2.24, 2.45) is 5.92 Å². The van der Waals surface area contributed by atoms with Crippen molar-refractivity contribution in [3.63, 3.8) is 0 Å². The number of nitrogens with zero attached hydrogens (tertiary/aromatic N) is 1. The van der Waals surface area contributed by atoms with E-state index in [0.717, 1.165) is 19.5 Å². The molecule has 0 bridgehead atoms. The predicted molar refractivity (Wildman–Crippen MR) is 47.6 cm³/mol. The van der Waals surface area contributed by atoms with Crippen molar-refractivity contribution in [2.45, 2.75) is 27.2 Å². The third-order valence-corrected chi connectivity index (χ3v) is 1.88. The van der Waals surface area contributed by atoms with Crippen LogP contribution in [0.3, 0.4) is 0 Å². The van der Waals surface area contributed by atoms with Crippen molar-refractivity contribution in [1.29, 1.82) is 0 Å². The fourth-order valence-corrected chi connectivity index (χ4v) is 1.07. The average molecular weight is 157 g/mol. The molecule has 0 N–H and O–H groups in total. The molecule has 0 heterocycles. The van der Waals surface area contributed by atoms with Gasteiger partial charge in [-0.3, -0.25) is 4.79 Å². The van der Waals surface area contributed by atoms with E-state index in [1.807, 2.05) is 6.92 Å².